The molecular formula is C32H28ClF5N6O3S. The van der Waals surface area contributed by atoms with Crippen LogP contribution in [-0.4, -0.2) is 85.1 Å². The van der Waals surface area contributed by atoms with Crippen molar-refractivity contribution in [3.05, 3.63) is 34.4 Å². The van der Waals surface area contributed by atoms with Gasteiger partial charge < -0.3 is 24.8 Å². The molecule has 0 amide bonds. The van der Waals surface area contributed by atoms with Gasteiger partial charge in [0.05, 0.1) is 52.0 Å². The Morgan fingerprint density at radius 3 is 2.75 bits per heavy atom. The summed E-state index contributed by atoms with van der Waals surface area (Å²) in [5.41, 5.74) is 4.92. The van der Waals surface area contributed by atoms with Gasteiger partial charge in [-0.05, 0) is 31.0 Å². The maximum atomic E-state index is 17.1. The van der Waals surface area contributed by atoms with Crippen LogP contribution in [0, 0.1) is 28.9 Å². The van der Waals surface area contributed by atoms with Crippen molar-refractivity contribution >= 4 is 54.7 Å². The number of rotatable bonds is 7. The topological polar surface area (TPSA) is 110 Å². The molecule has 0 aliphatic carbocycles. The van der Waals surface area contributed by atoms with Gasteiger partial charge >= 0.3 is 6.01 Å². The van der Waals surface area contributed by atoms with Crippen LogP contribution in [-0.2, 0) is 4.74 Å². The SMILES string of the molecule is N#Cc1c(N)sc2c(F)ccc(-c3c(Cl)c4c5c(nc(OC[C@@]67CCCN6C[C@H](F)C7)nc5c3F)N(CC(F)F)C(C3COC3)CO4)c12. The summed E-state index contributed by atoms with van der Waals surface area (Å²) in [6.45, 7) is 0.719. The number of thiophene rings is 1. The van der Waals surface area contributed by atoms with Crippen molar-refractivity contribution in [3.8, 4) is 29.0 Å². The lowest BCUT2D eigenvalue weighted by Gasteiger charge is -2.40. The largest absolute Gasteiger partial charge is 0.489 e. The minimum Gasteiger partial charge on any atom is -0.489 e. The van der Waals surface area contributed by atoms with Gasteiger partial charge in [-0.3, -0.25) is 4.90 Å². The lowest BCUT2D eigenvalue weighted by molar-refractivity contribution is -0.0516. The van der Waals surface area contributed by atoms with Gasteiger partial charge in [0.2, 0.25) is 0 Å². The van der Waals surface area contributed by atoms with E-state index in [4.69, 9.17) is 31.5 Å². The van der Waals surface area contributed by atoms with E-state index < -0.39 is 42.4 Å². The van der Waals surface area contributed by atoms with Crippen molar-refractivity contribution in [2.75, 3.05) is 56.7 Å². The third-order valence-electron chi connectivity index (χ3n) is 9.99. The van der Waals surface area contributed by atoms with E-state index in [9.17, 15) is 22.8 Å². The molecule has 2 N–H and O–H groups in total. The third-order valence-corrected chi connectivity index (χ3v) is 11.4. The number of hydrogen-bond acceptors (Lipinski definition) is 10. The molecule has 4 aliphatic rings. The van der Waals surface area contributed by atoms with Gasteiger partial charge in [0.1, 0.15) is 47.6 Å². The van der Waals surface area contributed by atoms with Crippen LogP contribution in [0.3, 0.4) is 0 Å². The highest BCUT2D eigenvalue weighted by molar-refractivity contribution is 7.23. The van der Waals surface area contributed by atoms with E-state index in [-0.39, 0.29) is 97.4 Å². The number of nitrogens with two attached hydrogens (primary N) is 1. The lowest BCUT2D eigenvalue weighted by atomic mass is 9.95. The monoisotopic (exact) mass is 706 g/mol. The van der Waals surface area contributed by atoms with Crippen molar-refractivity contribution in [3.63, 3.8) is 0 Å². The van der Waals surface area contributed by atoms with Gasteiger partial charge in [-0.1, -0.05) is 17.7 Å². The molecule has 3 saturated heterocycles. The Kier molecular flexibility index (Phi) is 7.70. The Labute approximate surface area is 279 Å². The van der Waals surface area contributed by atoms with E-state index in [2.05, 4.69) is 9.97 Å². The van der Waals surface area contributed by atoms with E-state index >= 15 is 4.39 Å². The smallest absolute Gasteiger partial charge is 0.319 e. The third kappa shape index (κ3) is 4.82. The minimum absolute atomic E-state index is 0.0107. The van der Waals surface area contributed by atoms with Crippen LogP contribution >= 0.6 is 22.9 Å². The molecule has 1 unspecified atom stereocenters. The zero-order valence-electron chi connectivity index (χ0n) is 25.2. The summed E-state index contributed by atoms with van der Waals surface area (Å²) in [6, 6.07) is 3.45. The molecule has 3 fully saturated rings. The van der Waals surface area contributed by atoms with Crippen molar-refractivity contribution in [1.29, 1.82) is 5.26 Å². The van der Waals surface area contributed by atoms with E-state index in [1.54, 1.807) is 0 Å². The number of nitrogen functional groups attached to an aromatic ring is 1. The summed E-state index contributed by atoms with van der Waals surface area (Å²) >= 11 is 7.79. The zero-order chi connectivity index (χ0) is 33.5. The number of hydrogen-bond donors (Lipinski definition) is 1. The molecule has 252 valence electrons. The Morgan fingerprint density at radius 1 is 1.21 bits per heavy atom. The van der Waals surface area contributed by atoms with Gasteiger partial charge in [0.25, 0.3) is 6.43 Å². The summed E-state index contributed by atoms with van der Waals surface area (Å²) in [4.78, 5) is 12.4. The number of ether oxygens (including phenoxy) is 3. The first-order valence-electron chi connectivity index (χ1n) is 15.5. The fraction of sp³-hybridized carbons (Fsp3) is 0.469. The highest BCUT2D eigenvalue weighted by Crippen LogP contribution is 2.51. The molecule has 2 aromatic carbocycles. The molecule has 6 heterocycles. The van der Waals surface area contributed by atoms with Crippen LogP contribution in [0.2, 0.25) is 5.02 Å². The van der Waals surface area contributed by atoms with E-state index in [0.717, 1.165) is 23.8 Å². The van der Waals surface area contributed by atoms with Gasteiger partial charge in [-0.25, -0.2) is 22.0 Å². The molecule has 0 bridgehead atoms. The predicted octanol–water partition coefficient (Wildman–Crippen LogP) is 6.33. The predicted molar refractivity (Wildman–Crippen MR) is 170 cm³/mol. The fourth-order valence-electron chi connectivity index (χ4n) is 7.69. The van der Waals surface area contributed by atoms with Crippen LogP contribution < -0.4 is 20.1 Å². The molecule has 8 rings (SSSR count). The second kappa shape index (κ2) is 11.7. The first-order chi connectivity index (χ1) is 23.1. The average Bonchev–Trinajstić information content (AvgIpc) is 3.64. The molecule has 9 nitrogen and oxygen atoms in total. The Hall–Kier alpha value is -3.71. The summed E-state index contributed by atoms with van der Waals surface area (Å²) in [5, 5.41) is 9.74. The molecule has 3 atom stereocenters. The van der Waals surface area contributed by atoms with Crippen molar-refractivity contribution in [1.82, 2.24) is 14.9 Å². The quantitative estimate of drug-likeness (QED) is 0.221. The summed E-state index contributed by atoms with van der Waals surface area (Å²) in [7, 11) is 0. The van der Waals surface area contributed by atoms with Crippen molar-refractivity contribution in [2.45, 2.75) is 43.4 Å². The zero-order valence-corrected chi connectivity index (χ0v) is 26.8. The number of anilines is 2. The Morgan fingerprint density at radius 2 is 2.02 bits per heavy atom. The second-order valence-corrected chi connectivity index (χ2v) is 14.2. The van der Waals surface area contributed by atoms with Crippen LogP contribution in [0.1, 0.15) is 24.8 Å². The maximum absolute atomic E-state index is 17.1. The number of nitrogens with zero attached hydrogens (tertiary/aromatic N) is 5. The number of benzene rings is 2. The Bertz CT molecular complexity index is 2010. The molecule has 16 heteroatoms. The molecule has 48 heavy (non-hydrogen) atoms. The molecule has 0 saturated carbocycles. The van der Waals surface area contributed by atoms with Gasteiger partial charge in [-0.2, -0.15) is 15.2 Å². The van der Waals surface area contributed by atoms with Crippen LogP contribution in [0.25, 0.3) is 32.1 Å². The first kappa shape index (κ1) is 31.6. The molecule has 0 radical (unpaired) electrons. The second-order valence-electron chi connectivity index (χ2n) is 12.7. The fourth-order valence-corrected chi connectivity index (χ4v) is 8.97. The van der Waals surface area contributed by atoms with E-state index in [0.29, 0.717) is 26.2 Å². The number of alkyl halides is 3. The molecule has 4 aliphatic heterocycles. The molecule has 2 aromatic heterocycles. The number of aromatic nitrogens is 2. The first-order valence-corrected chi connectivity index (χ1v) is 16.7. The maximum Gasteiger partial charge on any atom is 0.319 e. The van der Waals surface area contributed by atoms with Gasteiger partial charge in [-0.15, -0.1) is 11.3 Å². The lowest BCUT2D eigenvalue weighted by Crippen LogP contribution is -2.52. The van der Waals surface area contributed by atoms with Crippen molar-refractivity contribution < 1.29 is 36.2 Å². The molecule has 4 aromatic rings. The highest BCUT2D eigenvalue weighted by atomic mass is 35.5. The molecule has 0 spiro atoms. The number of nitriles is 1. The highest BCUT2D eigenvalue weighted by Gasteiger charge is 2.49. The molecular weight excluding hydrogens is 679 g/mol. The number of halogens is 6. The van der Waals surface area contributed by atoms with E-state index in [1.165, 1.54) is 11.0 Å². The Balaban J connectivity index is 1.36. The average molecular weight is 707 g/mol. The van der Waals surface area contributed by atoms with Crippen LogP contribution in [0.5, 0.6) is 11.8 Å². The van der Waals surface area contributed by atoms with Crippen LogP contribution in [0.4, 0.5) is 32.8 Å². The number of fused-ring (bicyclic) bond motifs is 2. The van der Waals surface area contributed by atoms with Crippen molar-refractivity contribution in [2.24, 2.45) is 5.92 Å². The van der Waals surface area contributed by atoms with Gasteiger partial charge in [0, 0.05) is 29.8 Å². The minimum atomic E-state index is -2.80. The standard InChI is InChI=1S/C32H28ClF5N6O3S/c33-24-22(16-2-3-18(35)28-21(16)17(7-39)29(40)48-28)25(38)26-23-27(24)46-12-19(14-10-45-11-14)44(9-20(36)37)30(23)42-31(41-26)47-13-32-4-1-5-43(32)8-15(34)6-32/h2-3,14-15,19-20H,1,4-6,8-13,40H2/t15-,19?,32+/m1/s1. The summed E-state index contributed by atoms with van der Waals surface area (Å²) < 4.78 is 92.8. The van der Waals surface area contributed by atoms with Gasteiger partial charge in [0.15, 0.2) is 11.6 Å². The van der Waals surface area contributed by atoms with E-state index in [1.807, 2.05) is 11.0 Å². The normalized spacial score (nSPS) is 24.2. The summed E-state index contributed by atoms with van der Waals surface area (Å²) in [6.07, 6.45) is -2.02. The van der Waals surface area contributed by atoms with Crippen LogP contribution in [0.15, 0.2) is 12.1 Å². The summed E-state index contributed by atoms with van der Waals surface area (Å²) in [5.74, 6) is -1.95.